The van der Waals surface area contributed by atoms with Gasteiger partial charge in [-0.3, -0.25) is 4.79 Å². The van der Waals surface area contributed by atoms with Gasteiger partial charge in [0.05, 0.1) is 0 Å². The Morgan fingerprint density at radius 3 is 2.13 bits per heavy atom. The summed E-state index contributed by atoms with van der Waals surface area (Å²) >= 11 is 0. The van der Waals surface area contributed by atoms with E-state index in [4.69, 9.17) is 5.73 Å². The van der Waals surface area contributed by atoms with Crippen LogP contribution in [0.15, 0.2) is 97.1 Å². The highest BCUT2D eigenvalue weighted by Crippen LogP contribution is 2.25. The Kier molecular flexibility index (Phi) is 5.85. The smallest absolute Gasteiger partial charge is 0.255 e. The van der Waals surface area contributed by atoms with Crippen LogP contribution in [0.3, 0.4) is 0 Å². The minimum absolute atomic E-state index is 0.176. The molecule has 5 heteroatoms. The predicted molar refractivity (Wildman–Crippen MR) is 129 cm³/mol. The van der Waals surface area contributed by atoms with Gasteiger partial charge < -0.3 is 21.7 Å². The summed E-state index contributed by atoms with van der Waals surface area (Å²) in [5.74, 6) is -0.176. The van der Waals surface area contributed by atoms with Crippen molar-refractivity contribution in [1.82, 2.24) is 0 Å². The van der Waals surface area contributed by atoms with E-state index in [-0.39, 0.29) is 5.91 Å². The fraction of sp³-hybridized carbons (Fsp3) is 0.0385. The Morgan fingerprint density at radius 1 is 0.677 bits per heavy atom. The van der Waals surface area contributed by atoms with Gasteiger partial charge in [0.25, 0.3) is 5.91 Å². The first-order chi connectivity index (χ1) is 15.1. The quantitative estimate of drug-likeness (QED) is 0.282. The number of nitrogens with one attached hydrogen (secondary N) is 3. The van der Waals surface area contributed by atoms with Gasteiger partial charge in [0.1, 0.15) is 0 Å². The molecule has 0 spiro atoms. The molecule has 0 fully saturated rings. The van der Waals surface area contributed by atoms with Crippen LogP contribution in [0.5, 0.6) is 0 Å². The lowest BCUT2D eigenvalue weighted by Gasteiger charge is -2.13. The van der Waals surface area contributed by atoms with Crippen molar-refractivity contribution < 1.29 is 4.79 Å². The van der Waals surface area contributed by atoms with Crippen molar-refractivity contribution in [3.63, 3.8) is 0 Å². The molecule has 31 heavy (non-hydrogen) atoms. The van der Waals surface area contributed by atoms with Crippen molar-refractivity contribution >= 4 is 40.0 Å². The van der Waals surface area contributed by atoms with Crippen molar-refractivity contribution in [2.45, 2.75) is 6.92 Å². The fourth-order valence-corrected chi connectivity index (χ4v) is 3.25. The Morgan fingerprint density at radius 2 is 1.32 bits per heavy atom. The third-order valence-electron chi connectivity index (χ3n) is 4.96. The highest BCUT2D eigenvalue weighted by molar-refractivity contribution is 6.05. The topological polar surface area (TPSA) is 79.2 Å². The molecule has 0 bridgehead atoms. The summed E-state index contributed by atoms with van der Waals surface area (Å²) in [4.78, 5) is 12.8. The van der Waals surface area contributed by atoms with Gasteiger partial charge in [-0.2, -0.15) is 0 Å². The summed E-state index contributed by atoms with van der Waals surface area (Å²) < 4.78 is 0. The molecular weight excluding hydrogens is 384 g/mol. The van der Waals surface area contributed by atoms with E-state index in [1.54, 1.807) is 6.07 Å². The molecular formula is C26H24N4O. The van der Waals surface area contributed by atoms with Gasteiger partial charge in [0.2, 0.25) is 0 Å². The molecule has 0 aromatic heterocycles. The number of carbonyl (C=O) groups excluding carboxylic acids is 1. The first-order valence-corrected chi connectivity index (χ1v) is 10.0. The SMILES string of the molecule is Cc1c(N)cccc1Nc1cccc(C(=O)Nc2cccc(Nc3ccccc3)c2)c1. The van der Waals surface area contributed by atoms with Gasteiger partial charge in [0.15, 0.2) is 0 Å². The average Bonchev–Trinajstić information content (AvgIpc) is 2.78. The first kappa shape index (κ1) is 20.0. The normalized spacial score (nSPS) is 10.4. The number of hydrogen-bond donors (Lipinski definition) is 4. The Bertz CT molecular complexity index is 1200. The van der Waals surface area contributed by atoms with Crippen molar-refractivity contribution in [2.24, 2.45) is 0 Å². The van der Waals surface area contributed by atoms with Crippen molar-refractivity contribution in [3.05, 3.63) is 108 Å². The average molecular weight is 409 g/mol. The van der Waals surface area contributed by atoms with Crippen molar-refractivity contribution in [2.75, 3.05) is 21.7 Å². The van der Waals surface area contributed by atoms with E-state index in [9.17, 15) is 4.79 Å². The predicted octanol–water partition coefficient (Wildman–Crippen LogP) is 6.32. The summed E-state index contributed by atoms with van der Waals surface area (Å²) in [5, 5.41) is 9.64. The van der Waals surface area contributed by atoms with Gasteiger partial charge in [-0.05, 0) is 73.2 Å². The molecule has 0 saturated heterocycles. The summed E-state index contributed by atoms with van der Waals surface area (Å²) in [7, 11) is 0. The zero-order valence-electron chi connectivity index (χ0n) is 17.2. The van der Waals surface area contributed by atoms with E-state index in [2.05, 4.69) is 16.0 Å². The monoisotopic (exact) mass is 408 g/mol. The highest BCUT2D eigenvalue weighted by atomic mass is 16.1. The van der Waals surface area contributed by atoms with Crippen LogP contribution in [0, 0.1) is 6.92 Å². The molecule has 0 aliphatic carbocycles. The largest absolute Gasteiger partial charge is 0.398 e. The molecule has 0 radical (unpaired) electrons. The van der Waals surface area contributed by atoms with Crippen LogP contribution in [-0.2, 0) is 0 Å². The van der Waals surface area contributed by atoms with Crippen LogP contribution in [-0.4, -0.2) is 5.91 Å². The van der Waals surface area contributed by atoms with E-state index in [0.717, 1.165) is 39.7 Å². The minimum atomic E-state index is -0.176. The lowest BCUT2D eigenvalue weighted by atomic mass is 10.1. The van der Waals surface area contributed by atoms with E-state index in [1.165, 1.54) is 0 Å². The molecule has 4 aromatic rings. The lowest BCUT2D eigenvalue weighted by Crippen LogP contribution is -2.12. The fourth-order valence-electron chi connectivity index (χ4n) is 3.25. The standard InChI is InChI=1S/C26H24N4O/c1-18-24(27)14-7-15-25(18)29-21-11-5-8-19(16-21)26(31)30-23-13-6-12-22(17-23)28-20-9-3-2-4-10-20/h2-17,28-29H,27H2,1H3,(H,30,31). The minimum Gasteiger partial charge on any atom is -0.398 e. The number of benzene rings is 4. The molecule has 0 atom stereocenters. The highest BCUT2D eigenvalue weighted by Gasteiger charge is 2.09. The van der Waals surface area contributed by atoms with Crippen LogP contribution in [0.25, 0.3) is 0 Å². The maximum atomic E-state index is 12.8. The summed E-state index contributed by atoms with van der Waals surface area (Å²) in [6, 6.07) is 30.7. The molecule has 0 heterocycles. The number of anilines is 6. The molecule has 0 aliphatic rings. The Hall–Kier alpha value is -4.25. The number of hydrogen-bond acceptors (Lipinski definition) is 4. The van der Waals surface area contributed by atoms with Crippen LogP contribution in [0.2, 0.25) is 0 Å². The molecule has 1 amide bonds. The molecule has 5 N–H and O–H groups in total. The third-order valence-corrected chi connectivity index (χ3v) is 4.96. The van der Waals surface area contributed by atoms with E-state index >= 15 is 0 Å². The molecule has 0 unspecified atom stereocenters. The molecule has 4 rings (SSSR count). The second-order valence-electron chi connectivity index (χ2n) is 7.25. The Balaban J connectivity index is 1.47. The second-order valence-corrected chi connectivity index (χ2v) is 7.25. The van der Waals surface area contributed by atoms with Crippen LogP contribution in [0.4, 0.5) is 34.1 Å². The number of nitrogens with two attached hydrogens (primary N) is 1. The van der Waals surface area contributed by atoms with Crippen LogP contribution < -0.4 is 21.7 Å². The number of para-hydroxylation sites is 1. The summed E-state index contributed by atoms with van der Waals surface area (Å²) in [5.41, 5.74) is 12.6. The van der Waals surface area contributed by atoms with Crippen LogP contribution >= 0.6 is 0 Å². The van der Waals surface area contributed by atoms with Gasteiger partial charge in [-0.25, -0.2) is 0 Å². The van der Waals surface area contributed by atoms with Gasteiger partial charge >= 0.3 is 0 Å². The van der Waals surface area contributed by atoms with E-state index in [0.29, 0.717) is 5.56 Å². The van der Waals surface area contributed by atoms with Gasteiger partial charge in [-0.15, -0.1) is 0 Å². The van der Waals surface area contributed by atoms with Crippen LogP contribution in [0.1, 0.15) is 15.9 Å². The summed E-state index contributed by atoms with van der Waals surface area (Å²) in [6.07, 6.45) is 0. The molecule has 5 nitrogen and oxygen atoms in total. The molecule has 154 valence electrons. The number of rotatable bonds is 6. The zero-order chi connectivity index (χ0) is 21.6. The van der Waals surface area contributed by atoms with Gasteiger partial charge in [-0.1, -0.05) is 36.4 Å². The first-order valence-electron chi connectivity index (χ1n) is 10.0. The maximum absolute atomic E-state index is 12.8. The second kappa shape index (κ2) is 9.05. The molecule has 0 aliphatic heterocycles. The number of nitrogen functional groups attached to an aromatic ring is 1. The maximum Gasteiger partial charge on any atom is 0.255 e. The van der Waals surface area contributed by atoms with Crippen molar-refractivity contribution in [1.29, 1.82) is 0 Å². The third kappa shape index (κ3) is 5.03. The van der Waals surface area contributed by atoms with E-state index in [1.807, 2.05) is 97.9 Å². The summed E-state index contributed by atoms with van der Waals surface area (Å²) in [6.45, 7) is 1.96. The zero-order valence-corrected chi connectivity index (χ0v) is 17.2. The lowest BCUT2D eigenvalue weighted by molar-refractivity contribution is 0.102. The number of amides is 1. The molecule has 0 saturated carbocycles. The molecule has 4 aromatic carbocycles. The van der Waals surface area contributed by atoms with Gasteiger partial charge in [0, 0.05) is 39.7 Å². The van der Waals surface area contributed by atoms with E-state index < -0.39 is 0 Å². The number of carbonyl (C=O) groups is 1. The van der Waals surface area contributed by atoms with Crippen molar-refractivity contribution in [3.8, 4) is 0 Å². The Labute approximate surface area is 181 Å².